The van der Waals surface area contributed by atoms with Crippen molar-refractivity contribution in [2.75, 3.05) is 32.6 Å². The van der Waals surface area contributed by atoms with Gasteiger partial charge in [0.05, 0.1) is 7.11 Å². The van der Waals surface area contributed by atoms with Gasteiger partial charge >= 0.3 is 0 Å². The second kappa shape index (κ2) is 5.37. The molecule has 1 heterocycles. The second-order valence-electron chi connectivity index (χ2n) is 2.60. The Bertz CT molecular complexity index is 252. The average molecular weight is 181 g/mol. The molecule has 0 aliphatic heterocycles. The Hall–Kier alpha value is -1.29. The molecule has 72 valence electrons. The van der Waals surface area contributed by atoms with Gasteiger partial charge in [0.2, 0.25) is 5.88 Å². The fraction of sp³-hybridized carbons (Fsp3) is 0.444. The minimum Gasteiger partial charge on any atom is -0.481 e. The molecule has 13 heavy (non-hydrogen) atoms. The molecule has 0 atom stereocenters. The molecule has 0 radical (unpaired) electrons. The average Bonchev–Trinajstić information content (AvgIpc) is 2.19. The summed E-state index contributed by atoms with van der Waals surface area (Å²) in [5.74, 6) is 1.48. The molecule has 0 aliphatic rings. The largest absolute Gasteiger partial charge is 0.481 e. The second-order valence-corrected chi connectivity index (χ2v) is 2.60. The molecule has 0 aromatic carbocycles. The Kier molecular flexibility index (Phi) is 4.05. The van der Waals surface area contributed by atoms with Gasteiger partial charge in [0.25, 0.3) is 0 Å². The molecule has 0 saturated heterocycles. The maximum absolute atomic E-state index is 4.99. The van der Waals surface area contributed by atoms with Gasteiger partial charge in [0, 0.05) is 19.2 Å². The third kappa shape index (κ3) is 3.29. The van der Waals surface area contributed by atoms with Crippen molar-refractivity contribution in [1.82, 2.24) is 10.3 Å². The van der Waals surface area contributed by atoms with E-state index in [0.29, 0.717) is 5.88 Å². The van der Waals surface area contributed by atoms with Crippen LogP contribution in [0.25, 0.3) is 0 Å². The molecule has 0 saturated carbocycles. The highest BCUT2D eigenvalue weighted by Crippen LogP contribution is 2.09. The minimum atomic E-state index is 0.634. The lowest BCUT2D eigenvalue weighted by molar-refractivity contribution is 0.398. The maximum atomic E-state index is 4.99. The minimum absolute atomic E-state index is 0.634. The van der Waals surface area contributed by atoms with Gasteiger partial charge < -0.3 is 15.4 Å². The van der Waals surface area contributed by atoms with Gasteiger partial charge in [-0.15, -0.1) is 0 Å². The normalized spacial score (nSPS) is 9.69. The molecule has 0 amide bonds. The van der Waals surface area contributed by atoms with Crippen molar-refractivity contribution in [3.63, 3.8) is 0 Å². The van der Waals surface area contributed by atoms with E-state index in [1.165, 1.54) is 0 Å². The number of hydrogen-bond donors (Lipinski definition) is 2. The molecule has 0 spiro atoms. The third-order valence-corrected chi connectivity index (χ3v) is 1.61. The van der Waals surface area contributed by atoms with Gasteiger partial charge in [-0.2, -0.15) is 4.98 Å². The van der Waals surface area contributed by atoms with Gasteiger partial charge in [-0.1, -0.05) is 6.07 Å². The van der Waals surface area contributed by atoms with Crippen molar-refractivity contribution in [2.45, 2.75) is 0 Å². The Morgan fingerprint density at radius 3 is 2.92 bits per heavy atom. The van der Waals surface area contributed by atoms with Crippen LogP contribution in [0.1, 0.15) is 0 Å². The summed E-state index contributed by atoms with van der Waals surface area (Å²) in [6, 6.07) is 5.65. The van der Waals surface area contributed by atoms with Gasteiger partial charge in [0.1, 0.15) is 5.82 Å². The molecule has 4 heteroatoms. The van der Waals surface area contributed by atoms with Gasteiger partial charge in [-0.05, 0) is 13.1 Å². The first kappa shape index (κ1) is 9.80. The fourth-order valence-corrected chi connectivity index (χ4v) is 0.943. The van der Waals surface area contributed by atoms with Crippen LogP contribution in [0.3, 0.4) is 0 Å². The number of hydrogen-bond acceptors (Lipinski definition) is 4. The van der Waals surface area contributed by atoms with Crippen LogP contribution in [-0.2, 0) is 0 Å². The summed E-state index contributed by atoms with van der Waals surface area (Å²) in [5.41, 5.74) is 0. The Balaban J connectivity index is 2.46. The standard InChI is InChI=1S/C9H15N3O/c1-10-6-7-11-8-4-3-5-9(12-8)13-2/h3-5,10H,6-7H2,1-2H3,(H,11,12). The highest BCUT2D eigenvalue weighted by molar-refractivity contribution is 5.36. The van der Waals surface area contributed by atoms with Crippen molar-refractivity contribution in [1.29, 1.82) is 0 Å². The first-order valence-electron chi connectivity index (χ1n) is 4.26. The van der Waals surface area contributed by atoms with Crippen LogP contribution in [0, 0.1) is 0 Å². The summed E-state index contributed by atoms with van der Waals surface area (Å²) in [4.78, 5) is 4.20. The molecule has 0 aliphatic carbocycles. The molecule has 0 bridgehead atoms. The van der Waals surface area contributed by atoms with Gasteiger partial charge in [0.15, 0.2) is 0 Å². The number of anilines is 1. The zero-order valence-corrected chi connectivity index (χ0v) is 8.00. The SMILES string of the molecule is CNCCNc1cccc(OC)n1. The van der Waals surface area contributed by atoms with E-state index in [1.54, 1.807) is 7.11 Å². The molecular formula is C9H15N3O. The van der Waals surface area contributed by atoms with Gasteiger partial charge in [-0.25, -0.2) is 0 Å². The third-order valence-electron chi connectivity index (χ3n) is 1.61. The highest BCUT2D eigenvalue weighted by atomic mass is 16.5. The van der Waals surface area contributed by atoms with E-state index >= 15 is 0 Å². The number of ether oxygens (including phenoxy) is 1. The summed E-state index contributed by atoms with van der Waals surface area (Å²) in [5, 5.41) is 6.21. The summed E-state index contributed by atoms with van der Waals surface area (Å²) in [7, 11) is 3.53. The number of aromatic nitrogens is 1. The summed E-state index contributed by atoms with van der Waals surface area (Å²) in [6.07, 6.45) is 0. The first-order chi connectivity index (χ1) is 6.36. The number of rotatable bonds is 5. The molecule has 1 aromatic rings. The Morgan fingerprint density at radius 1 is 1.38 bits per heavy atom. The first-order valence-corrected chi connectivity index (χ1v) is 4.26. The van der Waals surface area contributed by atoms with E-state index in [2.05, 4.69) is 15.6 Å². The summed E-state index contributed by atoms with van der Waals surface area (Å²) in [6.45, 7) is 1.77. The van der Waals surface area contributed by atoms with Crippen LogP contribution in [0.15, 0.2) is 18.2 Å². The predicted octanol–water partition coefficient (Wildman–Crippen LogP) is 0.721. The highest BCUT2D eigenvalue weighted by Gasteiger charge is 1.94. The summed E-state index contributed by atoms with van der Waals surface area (Å²) >= 11 is 0. The molecule has 2 N–H and O–H groups in total. The summed E-state index contributed by atoms with van der Waals surface area (Å²) < 4.78 is 4.99. The van der Waals surface area contributed by atoms with Crippen molar-refractivity contribution >= 4 is 5.82 Å². The van der Waals surface area contributed by atoms with Crippen molar-refractivity contribution < 1.29 is 4.74 Å². The molecule has 1 aromatic heterocycles. The topological polar surface area (TPSA) is 46.2 Å². The van der Waals surface area contributed by atoms with E-state index in [9.17, 15) is 0 Å². The Morgan fingerprint density at radius 2 is 2.23 bits per heavy atom. The van der Waals surface area contributed by atoms with Crippen molar-refractivity contribution in [3.05, 3.63) is 18.2 Å². The lowest BCUT2D eigenvalue weighted by atomic mass is 10.4. The van der Waals surface area contributed by atoms with Crippen LogP contribution >= 0.6 is 0 Å². The van der Waals surface area contributed by atoms with Crippen LogP contribution in [0.5, 0.6) is 5.88 Å². The number of nitrogens with one attached hydrogen (secondary N) is 2. The fourth-order valence-electron chi connectivity index (χ4n) is 0.943. The van der Waals surface area contributed by atoms with Crippen molar-refractivity contribution in [3.8, 4) is 5.88 Å². The van der Waals surface area contributed by atoms with Crippen LogP contribution in [-0.4, -0.2) is 32.2 Å². The molecule has 1 rings (SSSR count). The number of pyridine rings is 1. The zero-order valence-electron chi connectivity index (χ0n) is 8.00. The molecule has 4 nitrogen and oxygen atoms in total. The van der Waals surface area contributed by atoms with E-state index in [-0.39, 0.29) is 0 Å². The van der Waals surface area contributed by atoms with Crippen LogP contribution in [0.2, 0.25) is 0 Å². The van der Waals surface area contributed by atoms with E-state index in [4.69, 9.17) is 4.74 Å². The zero-order chi connectivity index (χ0) is 9.52. The molecular weight excluding hydrogens is 166 g/mol. The van der Waals surface area contributed by atoms with E-state index in [1.807, 2.05) is 25.2 Å². The van der Waals surface area contributed by atoms with Crippen LogP contribution in [0.4, 0.5) is 5.82 Å². The molecule has 0 fully saturated rings. The van der Waals surface area contributed by atoms with Gasteiger partial charge in [-0.3, -0.25) is 0 Å². The monoisotopic (exact) mass is 181 g/mol. The Labute approximate surface area is 78.3 Å². The maximum Gasteiger partial charge on any atom is 0.214 e. The lowest BCUT2D eigenvalue weighted by Crippen LogP contribution is -2.18. The quantitative estimate of drug-likeness (QED) is 0.657. The number of nitrogens with zero attached hydrogens (tertiary/aromatic N) is 1. The number of likely N-dealkylation sites (N-methyl/N-ethyl adjacent to an activating group) is 1. The lowest BCUT2D eigenvalue weighted by Gasteiger charge is -2.05. The predicted molar refractivity (Wildman–Crippen MR) is 53.2 cm³/mol. The van der Waals surface area contributed by atoms with E-state index < -0.39 is 0 Å². The smallest absolute Gasteiger partial charge is 0.214 e. The van der Waals surface area contributed by atoms with Crippen molar-refractivity contribution in [2.24, 2.45) is 0 Å². The number of methoxy groups -OCH3 is 1. The van der Waals surface area contributed by atoms with E-state index in [0.717, 1.165) is 18.9 Å². The molecule has 0 unspecified atom stereocenters. The van der Waals surface area contributed by atoms with Crippen LogP contribution < -0.4 is 15.4 Å².